The molecule has 1 saturated heterocycles. The maximum absolute atomic E-state index is 13.0. The second-order valence-corrected chi connectivity index (χ2v) is 11.6. The molecule has 1 fully saturated rings. The third-order valence-corrected chi connectivity index (χ3v) is 8.24. The second kappa shape index (κ2) is 12.8. The fourth-order valence-electron chi connectivity index (χ4n) is 5.31. The van der Waals surface area contributed by atoms with Crippen molar-refractivity contribution in [3.05, 3.63) is 95.1 Å². The van der Waals surface area contributed by atoms with Crippen LogP contribution in [0.25, 0.3) is 11.1 Å². The third kappa shape index (κ3) is 7.48. The van der Waals surface area contributed by atoms with E-state index in [0.29, 0.717) is 18.6 Å². The highest BCUT2D eigenvalue weighted by molar-refractivity contribution is 7.87. The van der Waals surface area contributed by atoms with Crippen LogP contribution in [0, 0.1) is 0 Å². The molecule has 1 N–H and O–H groups in total. The van der Waals surface area contributed by atoms with Crippen LogP contribution < -0.4 is 4.74 Å². The van der Waals surface area contributed by atoms with Crippen LogP contribution in [0.3, 0.4) is 0 Å². The molecule has 2 aliphatic rings. The smallest absolute Gasteiger partial charge is 0.297 e. The van der Waals surface area contributed by atoms with Crippen LogP contribution in [0.5, 0.6) is 11.5 Å². The van der Waals surface area contributed by atoms with Crippen molar-refractivity contribution in [2.45, 2.75) is 38.7 Å². The number of aryl methyl sites for hydroxylation is 1. The molecular formula is C31H35NO6S. The summed E-state index contributed by atoms with van der Waals surface area (Å²) >= 11 is 0. The number of likely N-dealkylation sites (tertiary alicyclic amines) is 1. The van der Waals surface area contributed by atoms with Gasteiger partial charge in [-0.15, -0.1) is 4.33 Å². The SMILES string of the molecule is O=S(=O)(CC1=C(c2cccc(O)c2)CCc2ccccc21)OOCc1ccc(OCCN2CCCCC2)cc1. The lowest BCUT2D eigenvalue weighted by molar-refractivity contribution is -0.212. The van der Waals surface area contributed by atoms with Crippen molar-refractivity contribution in [3.8, 4) is 11.5 Å². The zero-order valence-corrected chi connectivity index (χ0v) is 22.9. The second-order valence-electron chi connectivity index (χ2n) is 10.1. The van der Waals surface area contributed by atoms with Gasteiger partial charge in [-0.2, -0.15) is 8.42 Å². The van der Waals surface area contributed by atoms with Crippen molar-refractivity contribution >= 4 is 21.3 Å². The van der Waals surface area contributed by atoms with Gasteiger partial charge in [0.05, 0.1) is 0 Å². The van der Waals surface area contributed by atoms with Crippen molar-refractivity contribution in [2.24, 2.45) is 0 Å². The van der Waals surface area contributed by atoms with E-state index in [1.54, 1.807) is 18.2 Å². The van der Waals surface area contributed by atoms with Gasteiger partial charge >= 0.3 is 0 Å². The molecule has 0 spiro atoms. The molecule has 8 heteroatoms. The zero-order valence-electron chi connectivity index (χ0n) is 22.1. The van der Waals surface area contributed by atoms with Gasteiger partial charge in [0.15, 0.2) is 0 Å². The lowest BCUT2D eigenvalue weighted by Gasteiger charge is -2.26. The highest BCUT2D eigenvalue weighted by atomic mass is 32.2. The van der Waals surface area contributed by atoms with Crippen molar-refractivity contribution < 1.29 is 27.5 Å². The average Bonchev–Trinajstić information content (AvgIpc) is 2.94. The van der Waals surface area contributed by atoms with Crippen molar-refractivity contribution in [1.82, 2.24) is 4.90 Å². The predicted molar refractivity (Wildman–Crippen MR) is 152 cm³/mol. The molecule has 39 heavy (non-hydrogen) atoms. The lowest BCUT2D eigenvalue weighted by atomic mass is 9.83. The van der Waals surface area contributed by atoms with Gasteiger partial charge in [0.25, 0.3) is 10.1 Å². The fourth-order valence-corrected chi connectivity index (χ4v) is 6.23. The Kier molecular flexibility index (Phi) is 8.98. The van der Waals surface area contributed by atoms with Crippen molar-refractivity contribution in [1.29, 1.82) is 0 Å². The molecule has 3 aromatic rings. The first-order valence-electron chi connectivity index (χ1n) is 13.5. The van der Waals surface area contributed by atoms with Crippen LogP contribution >= 0.6 is 0 Å². The minimum Gasteiger partial charge on any atom is -0.508 e. The highest BCUT2D eigenvalue weighted by Gasteiger charge is 2.26. The molecule has 1 aliphatic heterocycles. The maximum atomic E-state index is 13.0. The monoisotopic (exact) mass is 549 g/mol. The van der Waals surface area contributed by atoms with Gasteiger partial charge in [0.2, 0.25) is 0 Å². The Labute approximate surface area is 230 Å². The molecule has 0 saturated carbocycles. The largest absolute Gasteiger partial charge is 0.508 e. The first-order valence-corrected chi connectivity index (χ1v) is 15.1. The molecule has 0 atom stereocenters. The quantitative estimate of drug-likeness (QED) is 0.246. The lowest BCUT2D eigenvalue weighted by Crippen LogP contribution is -2.33. The predicted octanol–water partition coefficient (Wildman–Crippen LogP) is 5.59. The summed E-state index contributed by atoms with van der Waals surface area (Å²) in [6.45, 7) is 3.83. The van der Waals surface area contributed by atoms with E-state index in [2.05, 4.69) is 4.90 Å². The van der Waals surface area contributed by atoms with Crippen LogP contribution in [0.1, 0.15) is 47.9 Å². The maximum Gasteiger partial charge on any atom is 0.297 e. The number of aromatic hydroxyl groups is 1. The van der Waals surface area contributed by atoms with Crippen LogP contribution in [0.4, 0.5) is 0 Å². The number of hydrogen-bond acceptors (Lipinski definition) is 7. The number of rotatable bonds is 11. The van der Waals surface area contributed by atoms with E-state index in [1.807, 2.05) is 54.6 Å². The molecule has 5 rings (SSSR count). The minimum atomic E-state index is -4.05. The minimum absolute atomic E-state index is 0.0116. The topological polar surface area (TPSA) is 85.3 Å². The van der Waals surface area contributed by atoms with E-state index in [1.165, 1.54) is 19.3 Å². The number of nitrogens with zero attached hydrogens (tertiary/aromatic N) is 1. The number of hydrogen-bond donors (Lipinski definition) is 1. The van der Waals surface area contributed by atoms with Gasteiger partial charge in [0.1, 0.15) is 30.5 Å². The normalized spacial score (nSPS) is 16.2. The summed E-state index contributed by atoms with van der Waals surface area (Å²) < 4.78 is 36.8. The highest BCUT2D eigenvalue weighted by Crippen LogP contribution is 2.38. The number of benzene rings is 3. The van der Waals surface area contributed by atoms with Crippen LogP contribution in [0.2, 0.25) is 0 Å². The van der Waals surface area contributed by atoms with Gasteiger partial charge in [-0.25, -0.2) is 4.89 Å². The zero-order chi connectivity index (χ0) is 27.1. The molecule has 206 valence electrons. The van der Waals surface area contributed by atoms with E-state index in [-0.39, 0.29) is 18.1 Å². The first-order chi connectivity index (χ1) is 19.0. The summed E-state index contributed by atoms with van der Waals surface area (Å²) in [5.74, 6) is 0.574. The van der Waals surface area contributed by atoms with Gasteiger partial charge in [0, 0.05) is 6.54 Å². The first kappa shape index (κ1) is 27.4. The molecule has 1 heterocycles. The van der Waals surface area contributed by atoms with Gasteiger partial charge in [-0.05, 0) is 96.4 Å². The van der Waals surface area contributed by atoms with E-state index >= 15 is 0 Å². The number of ether oxygens (including phenoxy) is 1. The van der Waals surface area contributed by atoms with E-state index < -0.39 is 10.1 Å². The summed E-state index contributed by atoms with van der Waals surface area (Å²) in [7, 11) is -4.05. The Morgan fingerprint density at radius 2 is 1.67 bits per heavy atom. The third-order valence-electron chi connectivity index (χ3n) is 7.29. The standard InChI is InChI=1S/C31H35NO6S/c33-27-9-6-8-26(21-27)30-16-13-25-7-2-3-10-29(25)31(30)23-39(34,35)38-37-22-24-11-14-28(15-12-24)36-20-19-32-17-4-1-5-18-32/h2-3,6-12,14-15,21,33H,1,4-5,13,16-20,22-23H2. The summed E-state index contributed by atoms with van der Waals surface area (Å²) in [4.78, 5) is 7.61. The van der Waals surface area contributed by atoms with Gasteiger partial charge in [-0.3, -0.25) is 4.90 Å². The van der Waals surface area contributed by atoms with E-state index in [9.17, 15) is 13.5 Å². The molecule has 0 unspecified atom stereocenters. The summed E-state index contributed by atoms with van der Waals surface area (Å²) in [5, 5.41) is 10.0. The van der Waals surface area contributed by atoms with Crippen LogP contribution in [0.15, 0.2) is 72.8 Å². The van der Waals surface area contributed by atoms with Crippen molar-refractivity contribution in [2.75, 3.05) is 32.0 Å². The number of phenols is 1. The molecule has 1 aliphatic carbocycles. The van der Waals surface area contributed by atoms with Gasteiger partial charge in [-0.1, -0.05) is 55.0 Å². The summed E-state index contributed by atoms with van der Waals surface area (Å²) in [6, 6.07) is 22.1. The van der Waals surface area contributed by atoms with Crippen LogP contribution in [-0.2, 0) is 32.4 Å². The number of piperidine rings is 1. The molecule has 0 bridgehead atoms. The van der Waals surface area contributed by atoms with Crippen LogP contribution in [-0.4, -0.2) is 50.4 Å². The molecular weight excluding hydrogens is 514 g/mol. The fraction of sp³-hybridized carbons (Fsp3) is 0.355. The Morgan fingerprint density at radius 3 is 2.46 bits per heavy atom. The number of fused-ring (bicyclic) bond motifs is 1. The molecule has 0 aromatic heterocycles. The van der Waals surface area contributed by atoms with Gasteiger partial charge < -0.3 is 9.84 Å². The molecule has 3 aromatic carbocycles. The Hall–Kier alpha value is -3.17. The molecule has 7 nitrogen and oxygen atoms in total. The summed E-state index contributed by atoms with van der Waals surface area (Å²) in [6.07, 6.45) is 5.29. The Balaban J connectivity index is 1.19. The number of phenolic OH excluding ortho intramolecular Hbond substituents is 1. The van der Waals surface area contributed by atoms with Crippen molar-refractivity contribution in [3.63, 3.8) is 0 Å². The number of allylic oxidation sites excluding steroid dienone is 1. The summed E-state index contributed by atoms with van der Waals surface area (Å²) in [5.41, 5.74) is 5.09. The molecule has 0 amide bonds. The Bertz CT molecular complexity index is 1390. The average molecular weight is 550 g/mol. The molecule has 0 radical (unpaired) electrons. The van der Waals surface area contributed by atoms with E-state index in [4.69, 9.17) is 14.0 Å². The van der Waals surface area contributed by atoms with E-state index in [0.717, 1.165) is 59.6 Å². The Morgan fingerprint density at radius 1 is 0.872 bits per heavy atom.